The normalized spacial score (nSPS) is 22.4. The Morgan fingerprint density at radius 3 is 2.57 bits per heavy atom. The molecule has 0 aliphatic carbocycles. The van der Waals surface area contributed by atoms with Gasteiger partial charge in [0.1, 0.15) is 17.7 Å². The second kappa shape index (κ2) is 6.14. The standard InChI is InChI=1S/C16H22N4O3/c1-10-9-20(16(22)23-10)15-8-14(17-11(2)18-15)13-4-6-19(7-5-13)12(3)21/h8,10,13H,4-7,9H2,1-3H3/t10-/m0/s1. The Labute approximate surface area is 135 Å². The molecule has 0 unspecified atom stereocenters. The summed E-state index contributed by atoms with van der Waals surface area (Å²) in [5.41, 5.74) is 0.947. The lowest BCUT2D eigenvalue weighted by molar-refractivity contribution is -0.129. The second-order valence-corrected chi connectivity index (χ2v) is 6.28. The number of anilines is 1. The molecule has 0 bridgehead atoms. The summed E-state index contributed by atoms with van der Waals surface area (Å²) in [5, 5.41) is 0. The van der Waals surface area contributed by atoms with Crippen LogP contribution in [-0.4, -0.2) is 52.6 Å². The van der Waals surface area contributed by atoms with Gasteiger partial charge in [-0.05, 0) is 26.7 Å². The van der Waals surface area contributed by atoms with Gasteiger partial charge in [0.25, 0.3) is 0 Å². The first-order valence-electron chi connectivity index (χ1n) is 8.03. The fourth-order valence-corrected chi connectivity index (χ4v) is 3.20. The van der Waals surface area contributed by atoms with Gasteiger partial charge in [0, 0.05) is 37.7 Å². The molecule has 3 heterocycles. The highest BCUT2D eigenvalue weighted by Crippen LogP contribution is 2.29. The zero-order valence-electron chi connectivity index (χ0n) is 13.8. The van der Waals surface area contributed by atoms with Crippen LogP contribution in [0.3, 0.4) is 0 Å². The largest absolute Gasteiger partial charge is 0.444 e. The summed E-state index contributed by atoms with van der Waals surface area (Å²) < 4.78 is 5.18. The van der Waals surface area contributed by atoms with Gasteiger partial charge in [0.05, 0.1) is 6.54 Å². The average molecular weight is 318 g/mol. The van der Waals surface area contributed by atoms with E-state index in [0.717, 1.165) is 31.6 Å². The molecular weight excluding hydrogens is 296 g/mol. The van der Waals surface area contributed by atoms with E-state index in [1.807, 2.05) is 24.8 Å². The molecule has 0 spiro atoms. The Morgan fingerprint density at radius 2 is 2.00 bits per heavy atom. The lowest BCUT2D eigenvalue weighted by atomic mass is 9.93. The number of hydrogen-bond donors (Lipinski definition) is 0. The highest BCUT2D eigenvalue weighted by Gasteiger charge is 2.31. The van der Waals surface area contributed by atoms with Crippen molar-refractivity contribution in [3.63, 3.8) is 0 Å². The molecule has 0 aromatic carbocycles. The van der Waals surface area contributed by atoms with E-state index in [1.165, 1.54) is 0 Å². The number of rotatable bonds is 2. The average Bonchev–Trinajstić information content (AvgIpc) is 2.85. The number of piperidine rings is 1. The Morgan fingerprint density at radius 1 is 1.30 bits per heavy atom. The van der Waals surface area contributed by atoms with Crippen molar-refractivity contribution in [1.82, 2.24) is 14.9 Å². The maximum absolute atomic E-state index is 11.9. The first kappa shape index (κ1) is 15.7. The fraction of sp³-hybridized carbons (Fsp3) is 0.625. The maximum atomic E-state index is 11.9. The predicted octanol–water partition coefficient (Wildman–Crippen LogP) is 1.86. The molecule has 2 aliphatic rings. The lowest BCUT2D eigenvalue weighted by Crippen LogP contribution is -2.36. The van der Waals surface area contributed by atoms with Crippen molar-refractivity contribution in [3.8, 4) is 0 Å². The van der Waals surface area contributed by atoms with Gasteiger partial charge in [-0.3, -0.25) is 9.69 Å². The number of cyclic esters (lactones) is 1. The molecule has 2 aliphatic heterocycles. The van der Waals surface area contributed by atoms with Crippen molar-refractivity contribution in [1.29, 1.82) is 0 Å². The minimum Gasteiger partial charge on any atom is -0.444 e. The third kappa shape index (κ3) is 3.28. The van der Waals surface area contributed by atoms with Crippen LogP contribution in [0.4, 0.5) is 10.6 Å². The number of carbonyl (C=O) groups excluding carboxylic acids is 2. The number of carbonyl (C=O) groups is 2. The summed E-state index contributed by atoms with van der Waals surface area (Å²) in [4.78, 5) is 35.7. The monoisotopic (exact) mass is 318 g/mol. The van der Waals surface area contributed by atoms with Crippen LogP contribution in [0, 0.1) is 6.92 Å². The molecule has 2 amide bonds. The van der Waals surface area contributed by atoms with Crippen LogP contribution >= 0.6 is 0 Å². The van der Waals surface area contributed by atoms with Crippen molar-refractivity contribution >= 4 is 17.8 Å². The molecular formula is C16H22N4O3. The summed E-state index contributed by atoms with van der Waals surface area (Å²) in [6, 6.07) is 1.89. The summed E-state index contributed by atoms with van der Waals surface area (Å²) in [6.45, 7) is 7.32. The van der Waals surface area contributed by atoms with Crippen LogP contribution in [0.2, 0.25) is 0 Å². The smallest absolute Gasteiger partial charge is 0.415 e. The number of hydrogen-bond acceptors (Lipinski definition) is 5. The van der Waals surface area contributed by atoms with E-state index in [9.17, 15) is 9.59 Å². The van der Waals surface area contributed by atoms with Crippen LogP contribution in [0.15, 0.2) is 6.07 Å². The van der Waals surface area contributed by atoms with E-state index in [2.05, 4.69) is 9.97 Å². The topological polar surface area (TPSA) is 75.6 Å². The van der Waals surface area contributed by atoms with E-state index in [0.29, 0.717) is 24.1 Å². The van der Waals surface area contributed by atoms with Crippen molar-refractivity contribution in [2.45, 2.75) is 45.6 Å². The van der Waals surface area contributed by atoms with Crippen molar-refractivity contribution in [2.24, 2.45) is 0 Å². The summed E-state index contributed by atoms with van der Waals surface area (Å²) in [7, 11) is 0. The number of aromatic nitrogens is 2. The SMILES string of the molecule is CC(=O)N1CCC(c2cc(N3C[C@H](C)OC3=O)nc(C)n2)CC1. The van der Waals surface area contributed by atoms with E-state index >= 15 is 0 Å². The molecule has 1 aromatic heterocycles. The number of aryl methyl sites for hydroxylation is 1. The molecule has 7 heteroatoms. The van der Waals surface area contributed by atoms with Crippen LogP contribution < -0.4 is 4.90 Å². The molecule has 2 saturated heterocycles. The quantitative estimate of drug-likeness (QED) is 0.832. The van der Waals surface area contributed by atoms with Gasteiger partial charge in [-0.25, -0.2) is 14.8 Å². The molecule has 3 rings (SSSR count). The van der Waals surface area contributed by atoms with Crippen LogP contribution in [0.5, 0.6) is 0 Å². The highest BCUT2D eigenvalue weighted by atomic mass is 16.6. The Kier molecular flexibility index (Phi) is 4.19. The molecule has 1 aromatic rings. The number of nitrogens with zero attached hydrogens (tertiary/aromatic N) is 4. The third-order valence-corrected chi connectivity index (χ3v) is 4.44. The molecule has 0 N–H and O–H groups in total. The summed E-state index contributed by atoms with van der Waals surface area (Å²) >= 11 is 0. The zero-order chi connectivity index (χ0) is 16.6. The van der Waals surface area contributed by atoms with Gasteiger partial charge in [0.2, 0.25) is 5.91 Å². The van der Waals surface area contributed by atoms with E-state index < -0.39 is 0 Å². The van der Waals surface area contributed by atoms with Crippen molar-refractivity contribution < 1.29 is 14.3 Å². The van der Waals surface area contributed by atoms with Crippen molar-refractivity contribution in [2.75, 3.05) is 24.5 Å². The van der Waals surface area contributed by atoms with E-state index in [-0.39, 0.29) is 18.1 Å². The molecule has 7 nitrogen and oxygen atoms in total. The maximum Gasteiger partial charge on any atom is 0.415 e. The first-order valence-corrected chi connectivity index (χ1v) is 8.03. The third-order valence-electron chi connectivity index (χ3n) is 4.44. The second-order valence-electron chi connectivity index (χ2n) is 6.28. The van der Waals surface area contributed by atoms with E-state index in [4.69, 9.17) is 4.74 Å². The number of likely N-dealkylation sites (tertiary alicyclic amines) is 1. The molecule has 0 saturated carbocycles. The zero-order valence-corrected chi connectivity index (χ0v) is 13.8. The first-order chi connectivity index (χ1) is 10.9. The predicted molar refractivity (Wildman–Crippen MR) is 84.3 cm³/mol. The van der Waals surface area contributed by atoms with Crippen LogP contribution in [-0.2, 0) is 9.53 Å². The van der Waals surface area contributed by atoms with Gasteiger partial charge in [-0.1, -0.05) is 0 Å². The minimum absolute atomic E-state index is 0.122. The Bertz CT molecular complexity index is 626. The Hall–Kier alpha value is -2.18. The molecule has 23 heavy (non-hydrogen) atoms. The van der Waals surface area contributed by atoms with Crippen LogP contribution in [0.25, 0.3) is 0 Å². The summed E-state index contributed by atoms with van der Waals surface area (Å²) in [6.07, 6.45) is 1.29. The van der Waals surface area contributed by atoms with Crippen molar-refractivity contribution in [3.05, 3.63) is 17.6 Å². The Balaban J connectivity index is 1.79. The lowest BCUT2D eigenvalue weighted by Gasteiger charge is -2.31. The fourth-order valence-electron chi connectivity index (χ4n) is 3.20. The van der Waals surface area contributed by atoms with Gasteiger partial charge < -0.3 is 9.64 Å². The van der Waals surface area contributed by atoms with E-state index in [1.54, 1.807) is 11.8 Å². The van der Waals surface area contributed by atoms with Gasteiger partial charge >= 0.3 is 6.09 Å². The molecule has 0 radical (unpaired) electrons. The van der Waals surface area contributed by atoms with Gasteiger partial charge in [0.15, 0.2) is 0 Å². The number of ether oxygens (including phenoxy) is 1. The molecule has 2 fully saturated rings. The molecule has 124 valence electrons. The van der Waals surface area contributed by atoms with Gasteiger partial charge in [-0.15, -0.1) is 0 Å². The van der Waals surface area contributed by atoms with Gasteiger partial charge in [-0.2, -0.15) is 0 Å². The highest BCUT2D eigenvalue weighted by molar-refractivity contribution is 5.88. The number of amides is 2. The summed E-state index contributed by atoms with van der Waals surface area (Å²) in [5.74, 6) is 1.67. The van der Waals surface area contributed by atoms with Crippen LogP contribution in [0.1, 0.15) is 44.1 Å². The molecule has 1 atom stereocenters. The minimum atomic E-state index is -0.354.